The number of hydrogen-bond acceptors (Lipinski definition) is 2. The van der Waals surface area contributed by atoms with Gasteiger partial charge in [-0.25, -0.2) is 9.37 Å². The lowest BCUT2D eigenvalue weighted by Crippen LogP contribution is -2.18. The van der Waals surface area contributed by atoms with Gasteiger partial charge in [-0.3, -0.25) is 0 Å². The van der Waals surface area contributed by atoms with E-state index in [0.29, 0.717) is 12.0 Å². The molecule has 0 radical (unpaired) electrons. The number of fused-ring (bicyclic) bond motifs is 1. The summed E-state index contributed by atoms with van der Waals surface area (Å²) in [4.78, 5) is 4.58. The minimum atomic E-state index is -0.188. The molecule has 1 aliphatic rings. The molecule has 2 heterocycles. The van der Waals surface area contributed by atoms with Crippen LogP contribution < -0.4 is 0 Å². The number of imidazole rings is 1. The largest absolute Gasteiger partial charge is 0.396 e. The highest BCUT2D eigenvalue weighted by atomic mass is 19.1. The van der Waals surface area contributed by atoms with E-state index in [4.69, 9.17) is 0 Å². The van der Waals surface area contributed by atoms with Gasteiger partial charge in [0.1, 0.15) is 11.6 Å². The molecule has 4 heteroatoms. The van der Waals surface area contributed by atoms with Crippen LogP contribution >= 0.6 is 0 Å². The van der Waals surface area contributed by atoms with Gasteiger partial charge in [-0.2, -0.15) is 0 Å². The zero-order chi connectivity index (χ0) is 13.2. The molecule has 0 saturated heterocycles. The Hall–Kier alpha value is -1.68. The molecule has 3 rings (SSSR count). The summed E-state index contributed by atoms with van der Waals surface area (Å²) in [7, 11) is 0. The van der Waals surface area contributed by atoms with Gasteiger partial charge in [0.15, 0.2) is 0 Å². The van der Waals surface area contributed by atoms with E-state index in [1.54, 1.807) is 12.1 Å². The fourth-order valence-electron chi connectivity index (χ4n) is 2.72. The summed E-state index contributed by atoms with van der Waals surface area (Å²) in [6.07, 6.45) is 4.54. The van der Waals surface area contributed by atoms with Crippen LogP contribution in [0.3, 0.4) is 0 Å². The van der Waals surface area contributed by atoms with Crippen LogP contribution in [0.15, 0.2) is 30.5 Å². The van der Waals surface area contributed by atoms with Crippen molar-refractivity contribution in [2.75, 3.05) is 6.61 Å². The number of rotatable bonds is 3. The summed E-state index contributed by atoms with van der Waals surface area (Å²) in [6, 6.07) is 6.79. The number of aliphatic hydroxyl groups excluding tert-OH is 1. The van der Waals surface area contributed by atoms with E-state index in [-0.39, 0.29) is 18.3 Å². The van der Waals surface area contributed by atoms with Crippen LogP contribution in [-0.4, -0.2) is 21.3 Å². The van der Waals surface area contributed by atoms with E-state index in [2.05, 4.69) is 9.55 Å². The molecular weight excluding hydrogens is 243 g/mol. The molecule has 1 unspecified atom stereocenters. The van der Waals surface area contributed by atoms with Crippen molar-refractivity contribution in [3.63, 3.8) is 0 Å². The van der Waals surface area contributed by atoms with Gasteiger partial charge in [-0.15, -0.1) is 0 Å². The first-order valence-electron chi connectivity index (χ1n) is 6.68. The number of aliphatic hydroxyl groups is 1. The molecular formula is C15H17FN2O. The standard InChI is InChI=1S/C15H17FN2O/c16-14-6-2-1-4-11(14)8-13-9-18-7-3-5-12(10-19)15(18)17-13/h1-2,4,6,9,12,19H,3,5,7-8,10H2. The molecule has 0 aliphatic carbocycles. The van der Waals surface area contributed by atoms with Crippen LogP contribution in [0.1, 0.15) is 35.8 Å². The summed E-state index contributed by atoms with van der Waals surface area (Å²) >= 11 is 0. The van der Waals surface area contributed by atoms with Gasteiger partial charge < -0.3 is 9.67 Å². The first kappa shape index (κ1) is 12.4. The monoisotopic (exact) mass is 260 g/mol. The Bertz CT molecular complexity index is 579. The van der Waals surface area contributed by atoms with E-state index in [0.717, 1.165) is 30.9 Å². The average Bonchev–Trinajstić information content (AvgIpc) is 2.83. The number of aromatic nitrogens is 2. The van der Waals surface area contributed by atoms with Gasteiger partial charge in [0.25, 0.3) is 0 Å². The van der Waals surface area contributed by atoms with Gasteiger partial charge in [0, 0.05) is 25.1 Å². The van der Waals surface area contributed by atoms with E-state index in [1.165, 1.54) is 6.07 Å². The lowest BCUT2D eigenvalue weighted by Gasteiger charge is -2.21. The fourth-order valence-corrected chi connectivity index (χ4v) is 2.72. The van der Waals surface area contributed by atoms with Gasteiger partial charge >= 0.3 is 0 Å². The molecule has 1 N–H and O–H groups in total. The van der Waals surface area contributed by atoms with Crippen molar-refractivity contribution in [2.24, 2.45) is 0 Å². The smallest absolute Gasteiger partial charge is 0.126 e. The Balaban J connectivity index is 1.87. The van der Waals surface area contributed by atoms with Crippen molar-refractivity contribution in [1.82, 2.24) is 9.55 Å². The van der Waals surface area contributed by atoms with E-state index >= 15 is 0 Å². The lowest BCUT2D eigenvalue weighted by molar-refractivity contribution is 0.238. The fraction of sp³-hybridized carbons (Fsp3) is 0.400. The first-order valence-corrected chi connectivity index (χ1v) is 6.68. The number of benzene rings is 1. The van der Waals surface area contributed by atoms with Crippen LogP contribution in [0.25, 0.3) is 0 Å². The molecule has 1 aromatic carbocycles. The summed E-state index contributed by atoms with van der Waals surface area (Å²) in [6.45, 7) is 1.08. The molecule has 0 fully saturated rings. The van der Waals surface area contributed by atoms with Crippen LogP contribution in [-0.2, 0) is 13.0 Å². The molecule has 1 aliphatic heterocycles. The third kappa shape index (κ3) is 2.40. The minimum Gasteiger partial charge on any atom is -0.396 e. The lowest BCUT2D eigenvalue weighted by atomic mass is 10.0. The SMILES string of the molecule is OCC1CCCn2cc(Cc3ccccc3F)nc21. The van der Waals surface area contributed by atoms with Crippen LogP contribution in [0, 0.1) is 5.82 Å². The second kappa shape index (κ2) is 5.13. The molecule has 0 saturated carbocycles. The Labute approximate surface area is 111 Å². The van der Waals surface area contributed by atoms with Crippen LogP contribution in [0.2, 0.25) is 0 Å². The quantitative estimate of drug-likeness (QED) is 0.920. The van der Waals surface area contributed by atoms with Crippen molar-refractivity contribution >= 4 is 0 Å². The third-order valence-electron chi connectivity index (χ3n) is 3.72. The predicted octanol–water partition coefficient (Wildman–Crippen LogP) is 2.48. The number of hydrogen-bond donors (Lipinski definition) is 1. The average molecular weight is 260 g/mol. The third-order valence-corrected chi connectivity index (χ3v) is 3.72. The molecule has 1 aromatic heterocycles. The minimum absolute atomic E-state index is 0.128. The van der Waals surface area contributed by atoms with E-state index in [1.807, 2.05) is 12.3 Å². The highest BCUT2D eigenvalue weighted by Gasteiger charge is 2.22. The summed E-state index contributed by atoms with van der Waals surface area (Å²) in [5.74, 6) is 0.885. The predicted molar refractivity (Wildman–Crippen MR) is 70.5 cm³/mol. The molecule has 0 amide bonds. The van der Waals surface area contributed by atoms with Gasteiger partial charge in [0.05, 0.1) is 12.3 Å². The topological polar surface area (TPSA) is 38.0 Å². The zero-order valence-corrected chi connectivity index (χ0v) is 10.7. The summed E-state index contributed by atoms with van der Waals surface area (Å²) < 4.78 is 15.7. The highest BCUT2D eigenvalue weighted by Crippen LogP contribution is 2.26. The van der Waals surface area contributed by atoms with Crippen molar-refractivity contribution in [1.29, 1.82) is 0 Å². The summed E-state index contributed by atoms with van der Waals surface area (Å²) in [5.41, 5.74) is 1.54. The van der Waals surface area contributed by atoms with Crippen molar-refractivity contribution in [3.8, 4) is 0 Å². The Morgan fingerprint density at radius 1 is 1.37 bits per heavy atom. The van der Waals surface area contributed by atoms with E-state index in [9.17, 15) is 9.50 Å². The molecule has 19 heavy (non-hydrogen) atoms. The summed E-state index contributed by atoms with van der Waals surface area (Å²) in [5, 5.41) is 9.37. The molecule has 3 nitrogen and oxygen atoms in total. The molecule has 1 atom stereocenters. The Morgan fingerprint density at radius 2 is 2.21 bits per heavy atom. The molecule has 0 bridgehead atoms. The van der Waals surface area contributed by atoms with Crippen molar-refractivity contribution in [3.05, 3.63) is 53.4 Å². The van der Waals surface area contributed by atoms with Crippen LogP contribution in [0.5, 0.6) is 0 Å². The Kier molecular flexibility index (Phi) is 3.34. The maximum atomic E-state index is 13.6. The van der Waals surface area contributed by atoms with Crippen LogP contribution in [0.4, 0.5) is 4.39 Å². The second-order valence-corrected chi connectivity index (χ2v) is 5.07. The molecule has 2 aromatic rings. The highest BCUT2D eigenvalue weighted by molar-refractivity contribution is 5.24. The van der Waals surface area contributed by atoms with Crippen molar-refractivity contribution < 1.29 is 9.50 Å². The maximum Gasteiger partial charge on any atom is 0.126 e. The number of aryl methyl sites for hydroxylation is 1. The number of nitrogens with zero attached hydrogens (tertiary/aromatic N) is 2. The Morgan fingerprint density at radius 3 is 3.00 bits per heavy atom. The number of halogens is 1. The zero-order valence-electron chi connectivity index (χ0n) is 10.7. The second-order valence-electron chi connectivity index (χ2n) is 5.07. The molecule has 0 spiro atoms. The van der Waals surface area contributed by atoms with E-state index < -0.39 is 0 Å². The van der Waals surface area contributed by atoms with Crippen molar-refractivity contribution in [2.45, 2.75) is 31.7 Å². The van der Waals surface area contributed by atoms with Gasteiger partial charge in [-0.05, 0) is 24.5 Å². The first-order chi connectivity index (χ1) is 9.28. The normalized spacial score (nSPS) is 18.3. The van der Waals surface area contributed by atoms with Gasteiger partial charge in [-0.1, -0.05) is 18.2 Å². The maximum absolute atomic E-state index is 13.6. The van der Waals surface area contributed by atoms with Gasteiger partial charge in [0.2, 0.25) is 0 Å². The molecule has 100 valence electrons.